The molecule has 3 rings (SSSR count). The minimum absolute atomic E-state index is 0.0805. The van der Waals surface area contributed by atoms with Crippen LogP contribution in [0.15, 0.2) is 52.8 Å². The van der Waals surface area contributed by atoms with E-state index in [0.717, 1.165) is 23.1 Å². The minimum atomic E-state index is -0.207. The van der Waals surface area contributed by atoms with Gasteiger partial charge in [0.1, 0.15) is 5.76 Å². The number of benzene rings is 1. The molecule has 0 amide bonds. The topological polar surface area (TPSA) is 37.3 Å². The average molecular weight is 266 g/mol. The summed E-state index contributed by atoms with van der Waals surface area (Å²) in [4.78, 5) is 11.9. The summed E-state index contributed by atoms with van der Waals surface area (Å²) in [6, 6.07) is 8.24. The first-order valence-corrected chi connectivity index (χ1v) is 6.87. The molecule has 2 heteroatoms. The number of ketones is 1. The molecule has 0 radical (unpaired) electrons. The fraction of sp³-hybridized carbons (Fsp3) is 0.278. The summed E-state index contributed by atoms with van der Waals surface area (Å²) < 4.78 is 0. The zero-order chi connectivity index (χ0) is 14.5. The number of fused-ring (bicyclic) bond motifs is 2. The van der Waals surface area contributed by atoms with Crippen LogP contribution in [0.3, 0.4) is 0 Å². The molecule has 2 aliphatic rings. The van der Waals surface area contributed by atoms with Crippen molar-refractivity contribution in [2.24, 2.45) is 5.41 Å². The van der Waals surface area contributed by atoms with Crippen molar-refractivity contribution < 1.29 is 9.90 Å². The number of hydrogen-bond acceptors (Lipinski definition) is 2. The summed E-state index contributed by atoms with van der Waals surface area (Å²) in [6.07, 6.45) is 4.66. The molecule has 1 N–H and O–H groups in total. The summed E-state index contributed by atoms with van der Waals surface area (Å²) in [5.41, 5.74) is 4.73. The Morgan fingerprint density at radius 3 is 2.65 bits per heavy atom. The lowest BCUT2D eigenvalue weighted by atomic mass is 9.63. The fourth-order valence-corrected chi connectivity index (χ4v) is 3.27. The largest absolute Gasteiger partial charge is 0.507 e. The maximum absolute atomic E-state index is 11.9. The van der Waals surface area contributed by atoms with Crippen molar-refractivity contribution in [2.45, 2.75) is 27.2 Å². The molecule has 0 heterocycles. The lowest BCUT2D eigenvalue weighted by Gasteiger charge is -2.40. The van der Waals surface area contributed by atoms with Crippen LogP contribution in [0.2, 0.25) is 0 Å². The third kappa shape index (κ3) is 1.68. The van der Waals surface area contributed by atoms with Crippen molar-refractivity contribution >= 4 is 11.9 Å². The third-order valence-electron chi connectivity index (χ3n) is 4.59. The molecule has 0 spiro atoms. The van der Waals surface area contributed by atoms with Crippen molar-refractivity contribution in [3.63, 3.8) is 0 Å². The highest BCUT2D eigenvalue weighted by Gasteiger charge is 2.41. The van der Waals surface area contributed by atoms with Crippen LogP contribution in [-0.4, -0.2) is 10.9 Å². The van der Waals surface area contributed by atoms with Crippen LogP contribution in [0.4, 0.5) is 0 Å². The van der Waals surface area contributed by atoms with Gasteiger partial charge >= 0.3 is 0 Å². The fourth-order valence-electron chi connectivity index (χ4n) is 3.27. The van der Waals surface area contributed by atoms with Gasteiger partial charge in [-0.2, -0.15) is 0 Å². The highest BCUT2D eigenvalue weighted by Crippen LogP contribution is 2.50. The second-order valence-corrected chi connectivity index (χ2v) is 5.91. The zero-order valence-electron chi connectivity index (χ0n) is 12.0. The number of hydrogen-bond donors (Lipinski definition) is 1. The summed E-state index contributed by atoms with van der Waals surface area (Å²) in [5.74, 6) is 0.0150. The zero-order valence-corrected chi connectivity index (χ0v) is 12.0. The monoisotopic (exact) mass is 266 g/mol. The van der Waals surface area contributed by atoms with Gasteiger partial charge in [-0.25, -0.2) is 0 Å². The van der Waals surface area contributed by atoms with Gasteiger partial charge in [-0.3, -0.25) is 4.79 Å². The molecule has 0 saturated carbocycles. The van der Waals surface area contributed by atoms with Crippen LogP contribution in [0.25, 0.3) is 6.08 Å². The lowest BCUT2D eigenvalue weighted by molar-refractivity contribution is -0.113. The van der Waals surface area contributed by atoms with Crippen LogP contribution in [0.5, 0.6) is 0 Å². The van der Waals surface area contributed by atoms with Crippen molar-refractivity contribution in [3.8, 4) is 0 Å². The maximum Gasteiger partial charge on any atom is 0.163 e. The predicted molar refractivity (Wildman–Crippen MR) is 80.3 cm³/mol. The second kappa shape index (κ2) is 4.20. The van der Waals surface area contributed by atoms with Crippen LogP contribution in [0.1, 0.15) is 31.9 Å². The molecule has 2 aliphatic carbocycles. The highest BCUT2D eigenvalue weighted by atomic mass is 16.3. The van der Waals surface area contributed by atoms with Gasteiger partial charge in [-0.15, -0.1) is 0 Å². The van der Waals surface area contributed by atoms with Crippen molar-refractivity contribution in [1.82, 2.24) is 0 Å². The average Bonchev–Trinajstić information content (AvgIpc) is 2.38. The molecule has 0 aliphatic heterocycles. The van der Waals surface area contributed by atoms with Gasteiger partial charge in [0.2, 0.25) is 0 Å². The first-order valence-electron chi connectivity index (χ1n) is 6.87. The molecule has 0 saturated heterocycles. The summed E-state index contributed by atoms with van der Waals surface area (Å²) in [6.45, 7) is 5.69. The Morgan fingerprint density at radius 2 is 1.95 bits per heavy atom. The van der Waals surface area contributed by atoms with Crippen LogP contribution in [0, 0.1) is 5.41 Å². The van der Waals surface area contributed by atoms with E-state index in [9.17, 15) is 9.90 Å². The Kier molecular flexibility index (Phi) is 2.72. The van der Waals surface area contributed by atoms with Gasteiger partial charge in [-0.1, -0.05) is 36.8 Å². The van der Waals surface area contributed by atoms with E-state index < -0.39 is 0 Å². The molecular weight excluding hydrogens is 248 g/mol. The van der Waals surface area contributed by atoms with E-state index in [4.69, 9.17) is 0 Å². The Balaban J connectivity index is 2.30. The second-order valence-electron chi connectivity index (χ2n) is 5.91. The number of carbonyl (C=O) groups is 1. The summed E-state index contributed by atoms with van der Waals surface area (Å²) in [7, 11) is 0. The molecule has 1 aromatic rings. The Bertz CT molecular complexity index is 704. The Morgan fingerprint density at radius 1 is 1.25 bits per heavy atom. The standard InChI is InChI=1S/C18H18O2/c1-11-8-16(20)17(12(2)19)15-9-13-6-4-5-7-14(13)10-18(11,15)3/h4-9,20H,10H2,1-3H3. The van der Waals surface area contributed by atoms with Gasteiger partial charge < -0.3 is 5.11 Å². The van der Waals surface area contributed by atoms with E-state index >= 15 is 0 Å². The van der Waals surface area contributed by atoms with Gasteiger partial charge in [0.15, 0.2) is 5.78 Å². The molecule has 1 aromatic carbocycles. The third-order valence-corrected chi connectivity index (χ3v) is 4.59. The Hall–Kier alpha value is -2.09. The van der Waals surface area contributed by atoms with E-state index in [0.29, 0.717) is 5.57 Å². The summed E-state index contributed by atoms with van der Waals surface area (Å²) in [5, 5.41) is 10.2. The van der Waals surface area contributed by atoms with Crippen LogP contribution >= 0.6 is 0 Å². The molecule has 1 atom stereocenters. The van der Waals surface area contributed by atoms with Crippen molar-refractivity contribution in [3.05, 3.63) is 63.9 Å². The molecule has 102 valence electrons. The number of Topliss-reactive ketones (excluding diaryl/α,β-unsaturated/α-hetero) is 1. The Labute approximate surface area is 119 Å². The molecule has 1 unspecified atom stereocenters. The van der Waals surface area contributed by atoms with Gasteiger partial charge in [0.25, 0.3) is 0 Å². The molecule has 2 nitrogen and oxygen atoms in total. The van der Waals surface area contributed by atoms with Crippen LogP contribution in [-0.2, 0) is 11.2 Å². The van der Waals surface area contributed by atoms with E-state index in [1.807, 2.05) is 19.1 Å². The molecule has 0 aromatic heterocycles. The lowest BCUT2D eigenvalue weighted by Crippen LogP contribution is -2.32. The van der Waals surface area contributed by atoms with Crippen molar-refractivity contribution in [2.75, 3.05) is 0 Å². The highest BCUT2D eigenvalue weighted by molar-refractivity contribution is 6.01. The maximum atomic E-state index is 11.9. The number of aliphatic hydroxyl groups is 1. The quantitative estimate of drug-likeness (QED) is 0.834. The molecule has 20 heavy (non-hydrogen) atoms. The summed E-state index contributed by atoms with van der Waals surface area (Å²) >= 11 is 0. The van der Waals surface area contributed by atoms with Gasteiger partial charge in [0, 0.05) is 5.41 Å². The number of carbonyl (C=O) groups excluding carboxylic acids is 1. The number of rotatable bonds is 1. The minimum Gasteiger partial charge on any atom is -0.507 e. The number of aliphatic hydroxyl groups excluding tert-OH is 1. The SMILES string of the molecule is CC(=O)C1=C(O)C=C(C)C2(C)Cc3ccccc3C=C12. The first kappa shape index (κ1) is 12.9. The van der Waals surface area contributed by atoms with E-state index in [2.05, 4.69) is 25.1 Å². The smallest absolute Gasteiger partial charge is 0.163 e. The normalized spacial score (nSPS) is 24.6. The van der Waals surface area contributed by atoms with E-state index in [1.54, 1.807) is 6.08 Å². The molecular formula is C18H18O2. The van der Waals surface area contributed by atoms with Gasteiger partial charge in [0.05, 0.1) is 5.57 Å². The van der Waals surface area contributed by atoms with Crippen LogP contribution < -0.4 is 0 Å². The van der Waals surface area contributed by atoms with E-state index in [-0.39, 0.29) is 17.0 Å². The van der Waals surface area contributed by atoms with Crippen molar-refractivity contribution in [1.29, 1.82) is 0 Å². The van der Waals surface area contributed by atoms with E-state index in [1.165, 1.54) is 12.5 Å². The predicted octanol–water partition coefficient (Wildman–Crippen LogP) is 3.99. The molecule has 0 bridgehead atoms. The van der Waals surface area contributed by atoms with Gasteiger partial charge in [-0.05, 0) is 49.1 Å². The number of allylic oxidation sites excluding steroid dienone is 4. The first-order chi connectivity index (χ1) is 9.43. The molecule has 0 fully saturated rings.